The summed E-state index contributed by atoms with van der Waals surface area (Å²) in [4.78, 5) is 17.9. The first kappa shape index (κ1) is 17.4. The predicted molar refractivity (Wildman–Crippen MR) is 110 cm³/mol. The molecule has 0 unspecified atom stereocenters. The van der Waals surface area contributed by atoms with Crippen LogP contribution in [-0.2, 0) is 14.6 Å². The minimum absolute atomic E-state index is 0.100. The first-order valence-corrected chi connectivity index (χ1v) is 9.91. The lowest BCUT2D eigenvalue weighted by atomic mass is 10.2. The van der Waals surface area contributed by atoms with Crippen LogP contribution >= 0.6 is 0 Å². The van der Waals surface area contributed by atoms with Gasteiger partial charge in [-0.2, -0.15) is 8.42 Å². The summed E-state index contributed by atoms with van der Waals surface area (Å²) in [6, 6.07) is 0. The zero-order valence-corrected chi connectivity index (χ0v) is 15.5. The molecule has 142 valence electrons. The molecule has 5 rings (SSSR count). The molecule has 0 aromatic heterocycles. The summed E-state index contributed by atoms with van der Waals surface area (Å²) in [6.45, 7) is 0. The van der Waals surface area contributed by atoms with Crippen LogP contribution in [0.5, 0.6) is 0 Å². The van der Waals surface area contributed by atoms with Crippen molar-refractivity contribution >= 4 is 33.2 Å². The molecule has 0 aromatic carbocycles. The maximum Gasteiger partial charge on any atom is 0.446 e. The number of rotatable bonds is 2. The lowest BCUT2D eigenvalue weighted by Gasteiger charge is -2.02. The molecule has 0 saturated heterocycles. The van der Waals surface area contributed by atoms with Crippen molar-refractivity contribution in [2.45, 2.75) is 0 Å². The summed E-state index contributed by atoms with van der Waals surface area (Å²) >= 11 is 0. The van der Waals surface area contributed by atoms with Crippen LogP contribution in [0, 0.1) is 0 Å². The fourth-order valence-electron chi connectivity index (χ4n) is 3.05. The smallest absolute Gasteiger partial charge is 0.359 e. The molecule has 0 spiro atoms. The van der Waals surface area contributed by atoms with Crippen molar-refractivity contribution in [3.05, 3.63) is 95.4 Å². The molecule has 29 heavy (non-hydrogen) atoms. The third-order valence-electron chi connectivity index (χ3n) is 4.20. The first-order valence-electron chi connectivity index (χ1n) is 8.54. The molecule has 0 amide bonds. The molecule has 1 N–H and O–H groups in total. The van der Waals surface area contributed by atoms with E-state index >= 15 is 0 Å². The van der Waals surface area contributed by atoms with E-state index in [4.69, 9.17) is 4.55 Å². The predicted octanol–water partition coefficient (Wildman–Crippen LogP) is 2.73. The van der Waals surface area contributed by atoms with Gasteiger partial charge in [0.15, 0.2) is 5.76 Å². The SMILES string of the molecule is O=S(=O)(O)OC1=CC2=NC1=CC1=NC(=CC3=NC(=CC4=NC(=C2)C=C4)C=C3)C=C1. The maximum absolute atomic E-state index is 11.2. The molecule has 8 nitrogen and oxygen atoms in total. The Morgan fingerprint density at radius 1 is 0.621 bits per heavy atom. The fraction of sp³-hybridized carbons (Fsp3) is 0. The molecule has 5 heterocycles. The lowest BCUT2D eigenvalue weighted by molar-refractivity contribution is 0.338. The van der Waals surface area contributed by atoms with Crippen LogP contribution in [-0.4, -0.2) is 35.8 Å². The van der Waals surface area contributed by atoms with Crippen LogP contribution in [0.25, 0.3) is 0 Å². The number of fused-ring (bicyclic) bond motifs is 4. The summed E-state index contributed by atoms with van der Waals surface area (Å²) in [5, 5.41) is 0. The average Bonchev–Trinajstić information content (AvgIpc) is 3.39. The summed E-state index contributed by atoms with van der Waals surface area (Å²) < 4.78 is 36.2. The average molecular weight is 404 g/mol. The van der Waals surface area contributed by atoms with E-state index < -0.39 is 10.4 Å². The van der Waals surface area contributed by atoms with E-state index in [1.165, 1.54) is 6.08 Å². The van der Waals surface area contributed by atoms with Gasteiger partial charge in [0.1, 0.15) is 5.70 Å². The Hall–Kier alpha value is -3.69. The Bertz CT molecular complexity index is 1320. The second-order valence-electron chi connectivity index (χ2n) is 6.40. The highest BCUT2D eigenvalue weighted by atomic mass is 32.3. The van der Waals surface area contributed by atoms with Crippen molar-refractivity contribution < 1.29 is 17.2 Å². The molecule has 5 aliphatic rings. The Balaban J connectivity index is 1.64. The van der Waals surface area contributed by atoms with Crippen molar-refractivity contribution in [1.29, 1.82) is 0 Å². The van der Waals surface area contributed by atoms with Gasteiger partial charge in [-0.3, -0.25) is 4.55 Å². The van der Waals surface area contributed by atoms with E-state index in [0.29, 0.717) is 22.8 Å². The van der Waals surface area contributed by atoms with E-state index in [9.17, 15) is 8.42 Å². The van der Waals surface area contributed by atoms with Crippen molar-refractivity contribution in [3.63, 3.8) is 0 Å². The quantitative estimate of drug-likeness (QED) is 0.713. The monoisotopic (exact) mass is 404 g/mol. The molecule has 0 fully saturated rings. The van der Waals surface area contributed by atoms with Crippen LogP contribution in [0.1, 0.15) is 0 Å². The van der Waals surface area contributed by atoms with Crippen molar-refractivity contribution in [2.24, 2.45) is 20.0 Å². The lowest BCUT2D eigenvalue weighted by Crippen LogP contribution is -2.04. The highest BCUT2D eigenvalue weighted by Gasteiger charge is 2.22. The van der Waals surface area contributed by atoms with Gasteiger partial charge in [-0.15, -0.1) is 0 Å². The third kappa shape index (κ3) is 3.82. The van der Waals surface area contributed by atoms with Crippen molar-refractivity contribution in [3.8, 4) is 0 Å². The fourth-order valence-corrected chi connectivity index (χ4v) is 3.41. The minimum atomic E-state index is -4.70. The number of nitrogens with zero attached hydrogens (tertiary/aromatic N) is 4. The van der Waals surface area contributed by atoms with Crippen LogP contribution in [0.4, 0.5) is 0 Å². The van der Waals surface area contributed by atoms with Crippen molar-refractivity contribution in [1.82, 2.24) is 0 Å². The van der Waals surface area contributed by atoms with E-state index in [1.54, 1.807) is 18.2 Å². The van der Waals surface area contributed by atoms with Gasteiger partial charge >= 0.3 is 10.4 Å². The van der Waals surface area contributed by atoms with Crippen LogP contribution in [0.15, 0.2) is 115 Å². The van der Waals surface area contributed by atoms with Gasteiger partial charge in [0.25, 0.3) is 0 Å². The molecule has 0 aromatic rings. The molecular weight excluding hydrogens is 392 g/mol. The molecule has 5 aliphatic heterocycles. The molecule has 0 aliphatic carbocycles. The van der Waals surface area contributed by atoms with Crippen LogP contribution in [0.3, 0.4) is 0 Å². The van der Waals surface area contributed by atoms with Crippen molar-refractivity contribution in [2.75, 3.05) is 0 Å². The van der Waals surface area contributed by atoms with Gasteiger partial charge in [-0.1, -0.05) is 0 Å². The van der Waals surface area contributed by atoms with E-state index in [1.807, 2.05) is 42.5 Å². The normalized spacial score (nSPS) is 21.6. The Kier molecular flexibility index (Phi) is 3.86. The van der Waals surface area contributed by atoms with Crippen LogP contribution in [0.2, 0.25) is 0 Å². The first-order chi connectivity index (χ1) is 13.9. The Morgan fingerprint density at radius 3 is 1.62 bits per heavy atom. The van der Waals surface area contributed by atoms with E-state index in [0.717, 1.165) is 17.1 Å². The minimum Gasteiger partial charge on any atom is -0.359 e. The number of hydrogen-bond donors (Lipinski definition) is 1. The van der Waals surface area contributed by atoms with Gasteiger partial charge in [0.2, 0.25) is 0 Å². The molecule has 9 heteroatoms. The van der Waals surface area contributed by atoms with Gasteiger partial charge in [-0.05, 0) is 60.8 Å². The summed E-state index contributed by atoms with van der Waals surface area (Å²) in [6.07, 6.45) is 19.4. The molecular formula is C20H12N4O4S. The van der Waals surface area contributed by atoms with Gasteiger partial charge < -0.3 is 4.18 Å². The van der Waals surface area contributed by atoms with Gasteiger partial charge in [0.05, 0.1) is 39.9 Å². The molecule has 8 bridgehead atoms. The van der Waals surface area contributed by atoms with Crippen LogP contribution < -0.4 is 0 Å². The van der Waals surface area contributed by atoms with Gasteiger partial charge in [-0.25, -0.2) is 20.0 Å². The number of allylic oxidation sites excluding steroid dienone is 11. The number of aliphatic imine (C=N–C) groups is 4. The third-order valence-corrected chi connectivity index (χ3v) is 4.59. The second kappa shape index (κ2) is 6.43. The zero-order chi connectivity index (χ0) is 20.0. The number of hydrogen-bond acceptors (Lipinski definition) is 7. The zero-order valence-electron chi connectivity index (χ0n) is 14.7. The standard InChI is InChI=1S/C20H12N4O4S/c25-29(26,27)28-20-11-18-9-16-4-3-14(22-16)7-12-1-2-13(21-12)8-15-5-6-17(23-15)10-19(20)24-18/h1-11H,(H,25,26,27). The molecule has 0 atom stereocenters. The Labute approximate surface area is 166 Å². The largest absolute Gasteiger partial charge is 0.446 e. The highest BCUT2D eigenvalue weighted by Crippen LogP contribution is 2.25. The second-order valence-corrected chi connectivity index (χ2v) is 7.43. The summed E-state index contributed by atoms with van der Waals surface area (Å²) in [5.41, 5.74) is 4.81. The van der Waals surface area contributed by atoms with Gasteiger partial charge in [0, 0.05) is 6.08 Å². The molecule has 0 saturated carbocycles. The Morgan fingerprint density at radius 2 is 1.10 bits per heavy atom. The maximum atomic E-state index is 11.2. The highest BCUT2D eigenvalue weighted by molar-refractivity contribution is 7.81. The summed E-state index contributed by atoms with van der Waals surface area (Å²) in [5.74, 6) is -0.100. The molecule has 0 radical (unpaired) electrons. The topological polar surface area (TPSA) is 113 Å². The van der Waals surface area contributed by atoms with E-state index in [2.05, 4.69) is 24.2 Å². The summed E-state index contributed by atoms with van der Waals surface area (Å²) in [7, 11) is -4.70. The van der Waals surface area contributed by atoms with E-state index in [-0.39, 0.29) is 11.5 Å².